The number of hydrogen-bond donors (Lipinski definition) is 0. The van der Waals surface area contributed by atoms with E-state index >= 15 is 0 Å². The Morgan fingerprint density at radius 1 is 1.06 bits per heavy atom. The van der Waals surface area contributed by atoms with Crippen LogP contribution in [0.25, 0.3) is 6.08 Å². The summed E-state index contributed by atoms with van der Waals surface area (Å²) in [4.78, 5) is 4.66. The normalized spacial score (nSPS) is 17.2. The summed E-state index contributed by atoms with van der Waals surface area (Å²) in [5.74, 6) is 0. The molecular formula is C16H24N2. The summed E-state index contributed by atoms with van der Waals surface area (Å²) in [6.45, 7) is 3.63. The first-order chi connectivity index (χ1) is 8.75. The second kappa shape index (κ2) is 6.60. The van der Waals surface area contributed by atoms with Crippen molar-refractivity contribution in [1.82, 2.24) is 4.90 Å². The van der Waals surface area contributed by atoms with E-state index in [0.29, 0.717) is 0 Å². The van der Waals surface area contributed by atoms with Crippen LogP contribution in [0, 0.1) is 0 Å². The summed E-state index contributed by atoms with van der Waals surface area (Å²) >= 11 is 0. The number of rotatable bonds is 4. The minimum absolute atomic E-state index is 1.09. The molecule has 0 atom stereocenters. The lowest BCUT2D eigenvalue weighted by Gasteiger charge is -2.24. The van der Waals surface area contributed by atoms with Gasteiger partial charge in [-0.15, -0.1) is 0 Å². The SMILES string of the molecule is CN(C)c1ccc(/C=C/CN2CCCCC2)cc1. The molecule has 1 saturated heterocycles. The largest absolute Gasteiger partial charge is 0.378 e. The van der Waals surface area contributed by atoms with E-state index in [1.54, 1.807) is 0 Å². The Bertz CT molecular complexity index is 373. The molecule has 0 radical (unpaired) electrons. The zero-order valence-electron chi connectivity index (χ0n) is 11.6. The molecule has 1 aliphatic heterocycles. The molecular weight excluding hydrogens is 220 g/mol. The van der Waals surface area contributed by atoms with Crippen molar-refractivity contribution >= 4 is 11.8 Å². The van der Waals surface area contributed by atoms with Crippen molar-refractivity contribution in [2.24, 2.45) is 0 Å². The van der Waals surface area contributed by atoms with Gasteiger partial charge in [0.15, 0.2) is 0 Å². The van der Waals surface area contributed by atoms with Crippen molar-refractivity contribution in [3.05, 3.63) is 35.9 Å². The summed E-state index contributed by atoms with van der Waals surface area (Å²) in [7, 11) is 4.14. The van der Waals surface area contributed by atoms with Crippen molar-refractivity contribution in [2.75, 3.05) is 38.6 Å². The first-order valence-electron chi connectivity index (χ1n) is 6.92. The van der Waals surface area contributed by atoms with Gasteiger partial charge in [0.2, 0.25) is 0 Å². The molecule has 0 saturated carbocycles. The van der Waals surface area contributed by atoms with Crippen LogP contribution in [0.15, 0.2) is 30.3 Å². The van der Waals surface area contributed by atoms with Gasteiger partial charge in [-0.2, -0.15) is 0 Å². The number of anilines is 1. The summed E-state index contributed by atoms with van der Waals surface area (Å²) in [5, 5.41) is 0. The van der Waals surface area contributed by atoms with Crippen molar-refractivity contribution in [1.29, 1.82) is 0 Å². The van der Waals surface area contributed by atoms with Gasteiger partial charge in [-0.1, -0.05) is 30.7 Å². The highest BCUT2D eigenvalue weighted by Gasteiger charge is 2.07. The lowest BCUT2D eigenvalue weighted by atomic mass is 10.1. The van der Waals surface area contributed by atoms with Gasteiger partial charge in [0, 0.05) is 26.3 Å². The van der Waals surface area contributed by atoms with E-state index in [9.17, 15) is 0 Å². The molecule has 0 aliphatic carbocycles. The molecule has 0 aromatic heterocycles. The second-order valence-electron chi connectivity index (χ2n) is 5.25. The van der Waals surface area contributed by atoms with Crippen LogP contribution < -0.4 is 4.90 Å². The Morgan fingerprint density at radius 2 is 1.72 bits per heavy atom. The highest BCUT2D eigenvalue weighted by molar-refractivity contribution is 5.55. The second-order valence-corrected chi connectivity index (χ2v) is 5.25. The number of piperidine rings is 1. The molecule has 2 nitrogen and oxygen atoms in total. The molecule has 1 aromatic carbocycles. The Labute approximate surface area is 111 Å². The molecule has 18 heavy (non-hydrogen) atoms. The van der Waals surface area contributed by atoms with Crippen molar-refractivity contribution in [3.63, 3.8) is 0 Å². The number of hydrogen-bond acceptors (Lipinski definition) is 2. The molecule has 2 rings (SSSR count). The maximum atomic E-state index is 2.54. The summed E-state index contributed by atoms with van der Waals surface area (Å²) < 4.78 is 0. The molecule has 1 aromatic rings. The highest BCUT2D eigenvalue weighted by Crippen LogP contribution is 2.13. The average molecular weight is 244 g/mol. The third-order valence-electron chi connectivity index (χ3n) is 3.53. The molecule has 0 amide bonds. The Kier molecular flexibility index (Phi) is 4.82. The minimum Gasteiger partial charge on any atom is -0.378 e. The minimum atomic E-state index is 1.09. The fraction of sp³-hybridized carbons (Fsp3) is 0.500. The smallest absolute Gasteiger partial charge is 0.0361 e. The van der Waals surface area contributed by atoms with Crippen LogP contribution in [-0.2, 0) is 0 Å². The van der Waals surface area contributed by atoms with Crippen LogP contribution >= 0.6 is 0 Å². The Morgan fingerprint density at radius 3 is 2.33 bits per heavy atom. The van der Waals surface area contributed by atoms with Crippen molar-refractivity contribution < 1.29 is 0 Å². The van der Waals surface area contributed by atoms with Crippen LogP contribution in [-0.4, -0.2) is 38.6 Å². The zero-order valence-corrected chi connectivity index (χ0v) is 11.6. The van der Waals surface area contributed by atoms with Crippen LogP contribution in [0.3, 0.4) is 0 Å². The molecule has 1 heterocycles. The van der Waals surface area contributed by atoms with Crippen molar-refractivity contribution in [3.8, 4) is 0 Å². The number of likely N-dealkylation sites (tertiary alicyclic amines) is 1. The monoisotopic (exact) mass is 244 g/mol. The van der Waals surface area contributed by atoms with Gasteiger partial charge in [0.1, 0.15) is 0 Å². The Hall–Kier alpha value is -1.28. The van der Waals surface area contributed by atoms with Gasteiger partial charge in [-0.05, 0) is 43.6 Å². The predicted molar refractivity (Wildman–Crippen MR) is 80.1 cm³/mol. The van der Waals surface area contributed by atoms with E-state index in [2.05, 4.69) is 60.3 Å². The average Bonchev–Trinajstić information content (AvgIpc) is 2.40. The van der Waals surface area contributed by atoms with Crippen LogP contribution in [0.2, 0.25) is 0 Å². The lowest BCUT2D eigenvalue weighted by Crippen LogP contribution is -2.29. The molecule has 0 spiro atoms. The van der Waals surface area contributed by atoms with E-state index in [1.165, 1.54) is 43.6 Å². The first kappa shape index (κ1) is 13.2. The van der Waals surface area contributed by atoms with E-state index < -0.39 is 0 Å². The lowest BCUT2D eigenvalue weighted by molar-refractivity contribution is 0.252. The highest BCUT2D eigenvalue weighted by atomic mass is 15.1. The van der Waals surface area contributed by atoms with E-state index in [0.717, 1.165) is 6.54 Å². The predicted octanol–water partition coefficient (Wildman–Crippen LogP) is 3.25. The van der Waals surface area contributed by atoms with Crippen molar-refractivity contribution in [2.45, 2.75) is 19.3 Å². The Balaban J connectivity index is 1.84. The molecule has 98 valence electrons. The first-order valence-corrected chi connectivity index (χ1v) is 6.92. The summed E-state index contributed by atoms with van der Waals surface area (Å²) in [6.07, 6.45) is 8.66. The van der Waals surface area contributed by atoms with Gasteiger partial charge >= 0.3 is 0 Å². The zero-order chi connectivity index (χ0) is 12.8. The third kappa shape index (κ3) is 3.88. The fourth-order valence-corrected chi connectivity index (χ4v) is 2.36. The van der Waals surface area contributed by atoms with Gasteiger partial charge in [0.25, 0.3) is 0 Å². The molecule has 2 heteroatoms. The maximum absolute atomic E-state index is 2.54. The molecule has 0 N–H and O–H groups in total. The molecule has 1 aliphatic rings. The topological polar surface area (TPSA) is 6.48 Å². The number of nitrogens with zero attached hydrogens (tertiary/aromatic N) is 2. The van der Waals surface area contributed by atoms with Crippen LogP contribution in [0.4, 0.5) is 5.69 Å². The van der Waals surface area contributed by atoms with Gasteiger partial charge < -0.3 is 4.90 Å². The quantitative estimate of drug-likeness (QED) is 0.802. The van der Waals surface area contributed by atoms with Crippen LogP contribution in [0.5, 0.6) is 0 Å². The van der Waals surface area contributed by atoms with Gasteiger partial charge in [0.05, 0.1) is 0 Å². The van der Waals surface area contributed by atoms with E-state index in [4.69, 9.17) is 0 Å². The summed E-state index contributed by atoms with van der Waals surface area (Å²) in [5.41, 5.74) is 2.54. The third-order valence-corrected chi connectivity index (χ3v) is 3.53. The fourth-order valence-electron chi connectivity index (χ4n) is 2.36. The van der Waals surface area contributed by atoms with Gasteiger partial charge in [-0.25, -0.2) is 0 Å². The van der Waals surface area contributed by atoms with Gasteiger partial charge in [-0.3, -0.25) is 4.90 Å². The molecule has 1 fully saturated rings. The maximum Gasteiger partial charge on any atom is 0.0361 e. The van der Waals surface area contributed by atoms with E-state index in [-0.39, 0.29) is 0 Å². The standard InChI is InChI=1S/C16H24N2/c1-17(2)16-10-8-15(9-11-16)7-6-14-18-12-4-3-5-13-18/h6-11H,3-5,12-14H2,1-2H3/b7-6+. The molecule has 0 bridgehead atoms. The van der Waals surface area contributed by atoms with Crippen LogP contribution in [0.1, 0.15) is 24.8 Å². The molecule has 0 unspecified atom stereocenters. The number of benzene rings is 1. The van der Waals surface area contributed by atoms with E-state index in [1.807, 2.05) is 0 Å². The summed E-state index contributed by atoms with van der Waals surface area (Å²) in [6, 6.07) is 8.70.